The van der Waals surface area contributed by atoms with Crippen molar-refractivity contribution in [3.05, 3.63) is 94.5 Å². The van der Waals surface area contributed by atoms with Crippen LogP contribution in [0, 0.1) is 13.8 Å². The molecular formula is C23H20ClN3S. The van der Waals surface area contributed by atoms with Crippen LogP contribution in [-0.4, -0.2) is 14.8 Å². The van der Waals surface area contributed by atoms with E-state index >= 15 is 0 Å². The summed E-state index contributed by atoms with van der Waals surface area (Å²) in [5, 5.41) is 10.6. The van der Waals surface area contributed by atoms with E-state index in [0.717, 1.165) is 28.0 Å². The predicted molar refractivity (Wildman–Crippen MR) is 117 cm³/mol. The van der Waals surface area contributed by atoms with Gasteiger partial charge in [-0.05, 0) is 55.3 Å². The zero-order chi connectivity index (χ0) is 19.5. The molecule has 4 rings (SSSR count). The van der Waals surface area contributed by atoms with Crippen LogP contribution in [0.2, 0.25) is 5.02 Å². The van der Waals surface area contributed by atoms with Gasteiger partial charge in [0.05, 0.1) is 0 Å². The first kappa shape index (κ1) is 18.8. The molecule has 0 atom stereocenters. The normalized spacial score (nSPS) is 11.0. The third-order valence-corrected chi connectivity index (χ3v) is 5.84. The highest BCUT2D eigenvalue weighted by molar-refractivity contribution is 7.98. The van der Waals surface area contributed by atoms with Gasteiger partial charge in [0.15, 0.2) is 11.0 Å². The maximum absolute atomic E-state index is 6.10. The second-order valence-electron chi connectivity index (χ2n) is 6.70. The Balaban J connectivity index is 1.76. The van der Waals surface area contributed by atoms with Crippen LogP contribution in [0.25, 0.3) is 17.1 Å². The molecule has 5 heteroatoms. The third kappa shape index (κ3) is 3.98. The monoisotopic (exact) mass is 405 g/mol. The van der Waals surface area contributed by atoms with Crippen LogP contribution in [0.5, 0.6) is 0 Å². The Hall–Kier alpha value is -2.56. The summed E-state index contributed by atoms with van der Waals surface area (Å²) < 4.78 is 2.11. The average Bonchev–Trinajstić information content (AvgIpc) is 3.12. The number of aryl methyl sites for hydroxylation is 2. The summed E-state index contributed by atoms with van der Waals surface area (Å²) in [6.07, 6.45) is 0. The molecule has 0 aliphatic rings. The molecule has 0 N–H and O–H groups in total. The van der Waals surface area contributed by atoms with Gasteiger partial charge in [0.25, 0.3) is 0 Å². The number of nitrogens with zero attached hydrogens (tertiary/aromatic N) is 3. The Morgan fingerprint density at radius 3 is 2.43 bits per heavy atom. The summed E-state index contributed by atoms with van der Waals surface area (Å²) in [7, 11) is 0. The molecule has 0 saturated heterocycles. The van der Waals surface area contributed by atoms with E-state index in [9.17, 15) is 0 Å². The van der Waals surface area contributed by atoms with Gasteiger partial charge in [-0.1, -0.05) is 71.4 Å². The molecule has 0 aliphatic heterocycles. The largest absolute Gasteiger partial charge is 0.270 e. The van der Waals surface area contributed by atoms with E-state index < -0.39 is 0 Å². The van der Waals surface area contributed by atoms with E-state index in [4.69, 9.17) is 11.6 Å². The third-order valence-electron chi connectivity index (χ3n) is 4.61. The number of thioether (sulfide) groups is 1. The van der Waals surface area contributed by atoms with Gasteiger partial charge >= 0.3 is 0 Å². The molecule has 0 aliphatic carbocycles. The van der Waals surface area contributed by atoms with Crippen molar-refractivity contribution in [3.8, 4) is 17.1 Å². The highest BCUT2D eigenvalue weighted by atomic mass is 35.5. The van der Waals surface area contributed by atoms with Crippen molar-refractivity contribution in [2.24, 2.45) is 0 Å². The summed E-state index contributed by atoms with van der Waals surface area (Å²) >= 11 is 7.79. The first-order chi connectivity index (χ1) is 13.6. The van der Waals surface area contributed by atoms with Gasteiger partial charge in [0, 0.05) is 22.0 Å². The van der Waals surface area contributed by atoms with Gasteiger partial charge in [-0.15, -0.1) is 10.2 Å². The maximum Gasteiger partial charge on any atom is 0.196 e. The topological polar surface area (TPSA) is 30.7 Å². The molecule has 28 heavy (non-hydrogen) atoms. The van der Waals surface area contributed by atoms with Crippen molar-refractivity contribution in [1.82, 2.24) is 14.8 Å². The fourth-order valence-electron chi connectivity index (χ4n) is 3.07. The molecule has 140 valence electrons. The standard InChI is InChI=1S/C23H20ClN3S/c1-16-6-5-9-18(14-16)22-25-26-23(27(22)21-12-10-20(24)11-13-21)28-15-19-8-4-3-7-17(19)2/h3-14H,15H2,1-2H3. The lowest BCUT2D eigenvalue weighted by molar-refractivity contribution is 0.886. The van der Waals surface area contributed by atoms with Gasteiger partial charge in [-0.25, -0.2) is 0 Å². The van der Waals surface area contributed by atoms with Crippen molar-refractivity contribution in [2.75, 3.05) is 0 Å². The van der Waals surface area contributed by atoms with E-state index in [-0.39, 0.29) is 0 Å². The van der Waals surface area contributed by atoms with E-state index in [1.54, 1.807) is 11.8 Å². The molecule has 0 bridgehead atoms. The first-order valence-corrected chi connectivity index (χ1v) is 10.4. The van der Waals surface area contributed by atoms with Crippen molar-refractivity contribution in [1.29, 1.82) is 0 Å². The van der Waals surface area contributed by atoms with Gasteiger partial charge in [0.1, 0.15) is 0 Å². The minimum atomic E-state index is 0.711. The van der Waals surface area contributed by atoms with E-state index in [1.807, 2.05) is 30.3 Å². The lowest BCUT2D eigenvalue weighted by Crippen LogP contribution is -2.00. The maximum atomic E-state index is 6.10. The Kier molecular flexibility index (Phi) is 5.51. The fraction of sp³-hybridized carbons (Fsp3) is 0.130. The van der Waals surface area contributed by atoms with Gasteiger partial charge in [-0.2, -0.15) is 0 Å². The summed E-state index contributed by atoms with van der Waals surface area (Å²) in [5.41, 5.74) is 5.82. The van der Waals surface area contributed by atoms with Crippen LogP contribution in [0.1, 0.15) is 16.7 Å². The van der Waals surface area contributed by atoms with Crippen molar-refractivity contribution in [2.45, 2.75) is 24.8 Å². The summed E-state index contributed by atoms with van der Waals surface area (Å²) in [5.74, 6) is 1.67. The number of benzene rings is 3. The zero-order valence-corrected chi connectivity index (χ0v) is 17.3. The van der Waals surface area contributed by atoms with Crippen LogP contribution < -0.4 is 0 Å². The average molecular weight is 406 g/mol. The van der Waals surface area contributed by atoms with Crippen molar-refractivity contribution < 1.29 is 0 Å². The van der Waals surface area contributed by atoms with Gasteiger partial charge in [-0.3, -0.25) is 4.57 Å². The van der Waals surface area contributed by atoms with Crippen molar-refractivity contribution >= 4 is 23.4 Å². The number of halogens is 1. The second kappa shape index (κ2) is 8.21. The molecule has 4 aromatic rings. The molecule has 0 spiro atoms. The Morgan fingerprint density at radius 2 is 1.68 bits per heavy atom. The summed E-state index contributed by atoms with van der Waals surface area (Å²) in [6.45, 7) is 4.22. The first-order valence-electron chi connectivity index (χ1n) is 9.07. The van der Waals surface area contributed by atoms with Crippen LogP contribution in [-0.2, 0) is 5.75 Å². The molecule has 3 nitrogen and oxygen atoms in total. The summed E-state index contributed by atoms with van der Waals surface area (Å²) in [6, 6.07) is 24.6. The molecule has 3 aromatic carbocycles. The predicted octanol–water partition coefficient (Wildman–Crippen LogP) is 6.50. The number of hydrogen-bond donors (Lipinski definition) is 0. The van der Waals surface area contributed by atoms with Crippen LogP contribution in [0.15, 0.2) is 78.0 Å². The minimum Gasteiger partial charge on any atom is -0.270 e. The Bertz CT molecular complexity index is 1100. The highest BCUT2D eigenvalue weighted by Gasteiger charge is 2.16. The minimum absolute atomic E-state index is 0.711. The highest BCUT2D eigenvalue weighted by Crippen LogP contribution is 2.31. The molecule has 0 radical (unpaired) electrons. The van der Waals surface area contributed by atoms with E-state index in [0.29, 0.717) is 5.02 Å². The number of rotatable bonds is 5. The molecule has 1 aromatic heterocycles. The van der Waals surface area contributed by atoms with Gasteiger partial charge in [0.2, 0.25) is 0 Å². The molecular weight excluding hydrogens is 386 g/mol. The van der Waals surface area contributed by atoms with Crippen molar-refractivity contribution in [3.63, 3.8) is 0 Å². The van der Waals surface area contributed by atoms with Gasteiger partial charge < -0.3 is 0 Å². The van der Waals surface area contributed by atoms with Crippen LogP contribution in [0.4, 0.5) is 0 Å². The van der Waals surface area contributed by atoms with E-state index in [2.05, 4.69) is 71.1 Å². The molecule has 1 heterocycles. The molecule has 0 unspecified atom stereocenters. The quantitative estimate of drug-likeness (QED) is 0.355. The molecule has 0 fully saturated rings. The molecule has 0 saturated carbocycles. The Morgan fingerprint density at radius 1 is 0.893 bits per heavy atom. The lowest BCUT2D eigenvalue weighted by atomic mass is 10.1. The SMILES string of the molecule is Cc1cccc(-c2nnc(SCc3ccccc3C)n2-c2ccc(Cl)cc2)c1. The van der Waals surface area contributed by atoms with Crippen LogP contribution >= 0.6 is 23.4 Å². The number of aromatic nitrogens is 3. The summed E-state index contributed by atoms with van der Waals surface area (Å²) in [4.78, 5) is 0. The van der Waals surface area contributed by atoms with E-state index in [1.165, 1.54) is 16.7 Å². The van der Waals surface area contributed by atoms with Crippen LogP contribution in [0.3, 0.4) is 0 Å². The fourth-order valence-corrected chi connectivity index (χ4v) is 4.23. The Labute approximate surface area is 174 Å². The number of hydrogen-bond acceptors (Lipinski definition) is 3. The second-order valence-corrected chi connectivity index (χ2v) is 8.08. The smallest absolute Gasteiger partial charge is 0.196 e. The molecule has 0 amide bonds. The zero-order valence-electron chi connectivity index (χ0n) is 15.8. The lowest BCUT2D eigenvalue weighted by Gasteiger charge is -2.11.